The number of carbonyl (C=O) groups excluding carboxylic acids is 2. The van der Waals surface area contributed by atoms with Crippen LogP contribution >= 0.6 is 0 Å². The molecule has 0 radical (unpaired) electrons. The fourth-order valence-electron chi connectivity index (χ4n) is 8.31. The molecular formula is C41H47N3O7Si. The number of benzene rings is 3. The van der Waals surface area contributed by atoms with Crippen molar-refractivity contribution in [2.75, 3.05) is 38.8 Å². The Hall–Kier alpha value is -4.97. The van der Waals surface area contributed by atoms with Crippen LogP contribution in [0.15, 0.2) is 109 Å². The minimum atomic E-state index is -2.55. The van der Waals surface area contributed by atoms with E-state index in [2.05, 4.69) is 38.7 Å². The molecule has 3 heterocycles. The standard InChI is InChI=1S/C41H47N3O7Si/c1-7-21-44-34-20-15-30(43-22-11-14-35(50-4)39(43)47)25-33(34)41(40(44)48)28(2)38(52(5,6)32-18-16-31(49-3)17-19-32)36(51-41)26-37(46)42(23-24-45)27-29-12-9-8-10-13-29/h7-20,22,25,28,36,38,45H,1,21,23-24,26-27H2,2-6H3/t28-,36+,38-,41+/m1/s1. The number of methoxy groups -OCH3 is 2. The second-order valence-corrected chi connectivity index (χ2v) is 18.7. The van der Waals surface area contributed by atoms with Gasteiger partial charge in [-0.3, -0.25) is 19.0 Å². The molecule has 10 nitrogen and oxygen atoms in total. The van der Waals surface area contributed by atoms with E-state index < -0.39 is 19.8 Å². The highest BCUT2D eigenvalue weighted by Gasteiger charge is 2.66. The number of carbonyl (C=O) groups is 2. The van der Waals surface area contributed by atoms with E-state index in [0.717, 1.165) is 16.5 Å². The van der Waals surface area contributed by atoms with Crippen LogP contribution in [0.2, 0.25) is 18.6 Å². The van der Waals surface area contributed by atoms with Crippen LogP contribution in [0.25, 0.3) is 5.69 Å². The Morgan fingerprint density at radius 2 is 1.75 bits per heavy atom. The van der Waals surface area contributed by atoms with Crippen molar-refractivity contribution in [2.45, 2.75) is 50.2 Å². The zero-order chi connectivity index (χ0) is 37.2. The largest absolute Gasteiger partial charge is 0.497 e. The highest BCUT2D eigenvalue weighted by atomic mass is 28.3. The van der Waals surface area contributed by atoms with Gasteiger partial charge in [0.05, 0.1) is 47.1 Å². The van der Waals surface area contributed by atoms with Gasteiger partial charge >= 0.3 is 0 Å². The molecule has 2 aliphatic rings. The van der Waals surface area contributed by atoms with Crippen molar-refractivity contribution in [1.29, 1.82) is 0 Å². The van der Waals surface area contributed by atoms with E-state index in [-0.39, 0.29) is 60.7 Å². The first-order valence-electron chi connectivity index (χ1n) is 17.6. The summed E-state index contributed by atoms with van der Waals surface area (Å²) < 4.78 is 19.5. The van der Waals surface area contributed by atoms with E-state index in [1.807, 2.05) is 60.7 Å². The van der Waals surface area contributed by atoms with Gasteiger partial charge in [-0.15, -0.1) is 6.58 Å². The molecule has 0 unspecified atom stereocenters. The zero-order valence-electron chi connectivity index (χ0n) is 30.5. The number of aliphatic hydroxyl groups excluding tert-OH is 1. The summed E-state index contributed by atoms with van der Waals surface area (Å²) in [4.78, 5) is 46.0. The molecule has 2 amide bonds. The molecule has 6 rings (SSSR count). The molecule has 1 spiro atoms. The summed E-state index contributed by atoms with van der Waals surface area (Å²) in [6, 6.07) is 26.6. The van der Waals surface area contributed by atoms with Gasteiger partial charge in [0.15, 0.2) is 11.4 Å². The van der Waals surface area contributed by atoms with Gasteiger partial charge < -0.3 is 29.1 Å². The summed E-state index contributed by atoms with van der Waals surface area (Å²) in [5.41, 5.74) is 0.874. The number of hydrogen-bond acceptors (Lipinski definition) is 7. The molecule has 0 aliphatic carbocycles. The molecule has 3 aromatic carbocycles. The summed E-state index contributed by atoms with van der Waals surface area (Å²) in [6.07, 6.45) is 2.75. The van der Waals surface area contributed by atoms with Crippen LogP contribution in [0.5, 0.6) is 11.5 Å². The van der Waals surface area contributed by atoms with Crippen LogP contribution < -0.4 is 25.1 Å². The van der Waals surface area contributed by atoms with Crippen molar-refractivity contribution in [3.8, 4) is 17.2 Å². The number of pyridine rings is 1. The van der Waals surface area contributed by atoms with E-state index in [9.17, 15) is 19.5 Å². The van der Waals surface area contributed by atoms with E-state index in [0.29, 0.717) is 23.5 Å². The lowest BCUT2D eigenvalue weighted by molar-refractivity contribution is -0.149. The Morgan fingerprint density at radius 3 is 2.40 bits per heavy atom. The van der Waals surface area contributed by atoms with Crippen molar-refractivity contribution < 1.29 is 28.9 Å². The first kappa shape index (κ1) is 36.8. The van der Waals surface area contributed by atoms with Crippen molar-refractivity contribution in [2.24, 2.45) is 5.92 Å². The zero-order valence-corrected chi connectivity index (χ0v) is 31.5. The van der Waals surface area contributed by atoms with Crippen LogP contribution in [-0.4, -0.2) is 74.5 Å². The van der Waals surface area contributed by atoms with Crippen LogP contribution in [0, 0.1) is 5.92 Å². The van der Waals surface area contributed by atoms with Crippen molar-refractivity contribution in [1.82, 2.24) is 9.47 Å². The number of ether oxygens (including phenoxy) is 3. The van der Waals surface area contributed by atoms with Gasteiger partial charge in [-0.05, 0) is 53.6 Å². The normalized spacial score (nSPS) is 20.9. The van der Waals surface area contributed by atoms with Crippen molar-refractivity contribution in [3.05, 3.63) is 125 Å². The highest BCUT2D eigenvalue weighted by Crippen LogP contribution is 2.60. The second-order valence-electron chi connectivity index (χ2n) is 14.0. The predicted octanol–water partition coefficient (Wildman–Crippen LogP) is 5.01. The number of nitrogens with zero attached hydrogens (tertiary/aromatic N) is 3. The summed E-state index contributed by atoms with van der Waals surface area (Å²) in [5, 5.41) is 11.1. The number of fused-ring (bicyclic) bond motifs is 2. The Kier molecular flexibility index (Phi) is 10.6. The highest BCUT2D eigenvalue weighted by molar-refractivity contribution is 6.91. The van der Waals surface area contributed by atoms with E-state index >= 15 is 0 Å². The van der Waals surface area contributed by atoms with Crippen molar-refractivity contribution >= 4 is 30.8 Å². The molecule has 2 aliphatic heterocycles. The molecular weight excluding hydrogens is 675 g/mol. The van der Waals surface area contributed by atoms with E-state index in [4.69, 9.17) is 14.2 Å². The van der Waals surface area contributed by atoms with Crippen LogP contribution in [0.3, 0.4) is 0 Å². The molecule has 1 saturated heterocycles. The third-order valence-corrected chi connectivity index (χ3v) is 15.2. The predicted molar refractivity (Wildman–Crippen MR) is 204 cm³/mol. The van der Waals surface area contributed by atoms with Gasteiger partial charge in [0, 0.05) is 43.0 Å². The minimum Gasteiger partial charge on any atom is -0.497 e. The smallest absolute Gasteiger partial charge is 0.297 e. The van der Waals surface area contributed by atoms with Gasteiger partial charge in [0.25, 0.3) is 11.5 Å². The maximum absolute atomic E-state index is 14.9. The van der Waals surface area contributed by atoms with Crippen LogP contribution in [-0.2, 0) is 26.5 Å². The molecule has 1 fully saturated rings. The Morgan fingerprint density at radius 1 is 1.02 bits per heavy atom. The van der Waals surface area contributed by atoms with E-state index in [1.54, 1.807) is 41.3 Å². The average molecular weight is 722 g/mol. The topological polar surface area (TPSA) is 111 Å². The Labute approximate surface area is 305 Å². The molecule has 0 saturated carbocycles. The number of anilines is 1. The number of aromatic nitrogens is 1. The summed E-state index contributed by atoms with van der Waals surface area (Å²) in [7, 11) is 0.539. The fraction of sp³-hybridized carbons (Fsp3) is 0.341. The number of hydrogen-bond donors (Lipinski definition) is 1. The van der Waals surface area contributed by atoms with Crippen LogP contribution in [0.4, 0.5) is 5.69 Å². The Balaban J connectivity index is 1.49. The van der Waals surface area contributed by atoms with Crippen molar-refractivity contribution in [3.63, 3.8) is 0 Å². The lowest BCUT2D eigenvalue weighted by Crippen LogP contribution is -2.52. The molecule has 4 atom stereocenters. The lowest BCUT2D eigenvalue weighted by atomic mass is 9.82. The maximum Gasteiger partial charge on any atom is 0.297 e. The third kappa shape index (κ3) is 6.37. The molecule has 11 heteroatoms. The quantitative estimate of drug-likeness (QED) is 0.153. The third-order valence-electron chi connectivity index (χ3n) is 10.9. The molecule has 272 valence electrons. The molecule has 0 bridgehead atoms. The van der Waals surface area contributed by atoms with Gasteiger partial charge in [-0.25, -0.2) is 0 Å². The first-order valence-corrected chi connectivity index (χ1v) is 20.7. The molecule has 1 N–H and O–H groups in total. The first-order chi connectivity index (χ1) is 25.0. The number of rotatable bonds is 13. The molecule has 1 aromatic heterocycles. The van der Waals surface area contributed by atoms with E-state index in [1.165, 1.54) is 11.7 Å². The number of amides is 2. The summed E-state index contributed by atoms with van der Waals surface area (Å²) in [6.45, 7) is 11.1. The summed E-state index contributed by atoms with van der Waals surface area (Å²) >= 11 is 0. The van der Waals surface area contributed by atoms with Gasteiger partial charge in [0.1, 0.15) is 5.75 Å². The summed E-state index contributed by atoms with van der Waals surface area (Å²) in [5.74, 6) is 0.186. The van der Waals surface area contributed by atoms with Gasteiger partial charge in [-0.1, -0.05) is 73.7 Å². The second kappa shape index (κ2) is 14.9. The monoisotopic (exact) mass is 721 g/mol. The molecule has 52 heavy (non-hydrogen) atoms. The SMILES string of the molecule is C=CCN1C(=O)[C@@]2(O[C@@H](CC(=O)N(CCO)Cc3ccccc3)[C@H]([Si](C)(C)c3ccc(OC)cc3)[C@H]2C)c2cc(-n3cccc(OC)c3=O)ccc21. The number of aliphatic hydroxyl groups is 1. The molecule has 4 aromatic rings. The van der Waals surface area contributed by atoms with Gasteiger partial charge in [-0.2, -0.15) is 0 Å². The maximum atomic E-state index is 14.9. The Bertz CT molecular complexity index is 2000. The minimum absolute atomic E-state index is 0.0231. The average Bonchev–Trinajstić information content (AvgIpc) is 3.57. The fourth-order valence-corrected chi connectivity index (χ4v) is 12.3. The van der Waals surface area contributed by atoms with Crippen LogP contribution in [0.1, 0.15) is 24.5 Å². The van der Waals surface area contributed by atoms with Gasteiger partial charge in [0.2, 0.25) is 5.91 Å². The lowest BCUT2D eigenvalue weighted by Gasteiger charge is -2.37.